The maximum Gasteiger partial charge on any atom is 0.494 e. The molecule has 4 nitrogen and oxygen atoms in total. The van der Waals surface area contributed by atoms with Crippen LogP contribution in [-0.2, 0) is 9.31 Å². The number of hydrogen-bond donors (Lipinski definition) is 0. The third kappa shape index (κ3) is 3.29. The van der Waals surface area contributed by atoms with Gasteiger partial charge in [-0.3, -0.25) is 5.01 Å². The van der Waals surface area contributed by atoms with Gasteiger partial charge in [-0.05, 0) is 45.3 Å². The number of halogens is 3. The predicted octanol–water partition coefficient (Wildman–Crippen LogP) is 3.36. The Morgan fingerprint density at radius 2 is 1.60 bits per heavy atom. The quantitative estimate of drug-likeness (QED) is 0.764. The highest BCUT2D eigenvalue weighted by molar-refractivity contribution is 6.62. The van der Waals surface area contributed by atoms with E-state index in [2.05, 4.69) is 5.10 Å². The van der Waals surface area contributed by atoms with Crippen molar-refractivity contribution in [3.05, 3.63) is 24.3 Å². The van der Waals surface area contributed by atoms with Gasteiger partial charge in [-0.2, -0.15) is 18.3 Å². The Kier molecular flexibility index (Phi) is 4.19. The van der Waals surface area contributed by atoms with Crippen molar-refractivity contribution in [3.63, 3.8) is 0 Å². The summed E-state index contributed by atoms with van der Waals surface area (Å²) in [5.74, 6) is -0.650. The van der Waals surface area contributed by atoms with Crippen LogP contribution in [0.25, 0.3) is 0 Å². The standard InChI is InChI=1S/C17H22BF3N2O2/c1-11-10-23(22-14(11)17(19,20)21)13-8-6-12(7-9-13)18-24-15(2,3)16(4,5)25-18/h6-9,11H,10H2,1-5H3. The van der Waals surface area contributed by atoms with E-state index in [-0.39, 0.29) is 6.54 Å². The van der Waals surface area contributed by atoms with Crippen LogP contribution in [0.5, 0.6) is 0 Å². The molecule has 1 saturated heterocycles. The van der Waals surface area contributed by atoms with E-state index in [1.165, 1.54) is 11.9 Å². The maximum atomic E-state index is 12.9. The lowest BCUT2D eigenvalue weighted by Gasteiger charge is -2.32. The molecule has 0 aliphatic carbocycles. The first-order valence-corrected chi connectivity index (χ1v) is 8.29. The van der Waals surface area contributed by atoms with E-state index in [1.807, 2.05) is 39.8 Å². The first-order valence-electron chi connectivity index (χ1n) is 8.29. The summed E-state index contributed by atoms with van der Waals surface area (Å²) in [7, 11) is -0.495. The molecule has 1 fully saturated rings. The zero-order valence-electron chi connectivity index (χ0n) is 15.0. The molecule has 1 atom stereocenters. The Hall–Kier alpha value is -1.54. The van der Waals surface area contributed by atoms with Gasteiger partial charge in [-0.25, -0.2) is 0 Å². The second-order valence-corrected chi connectivity index (χ2v) is 7.65. The molecule has 0 bridgehead atoms. The van der Waals surface area contributed by atoms with Gasteiger partial charge < -0.3 is 9.31 Å². The minimum Gasteiger partial charge on any atom is -0.399 e. The monoisotopic (exact) mass is 354 g/mol. The topological polar surface area (TPSA) is 34.1 Å². The van der Waals surface area contributed by atoms with Crippen LogP contribution in [0.1, 0.15) is 34.6 Å². The zero-order chi connectivity index (χ0) is 18.6. The maximum absolute atomic E-state index is 12.9. The molecule has 0 radical (unpaired) electrons. The summed E-state index contributed by atoms with van der Waals surface area (Å²) in [4.78, 5) is 0. The molecule has 0 amide bonds. The molecule has 2 heterocycles. The zero-order valence-corrected chi connectivity index (χ0v) is 15.0. The second-order valence-electron chi connectivity index (χ2n) is 7.65. The molecule has 136 valence electrons. The minimum atomic E-state index is -4.39. The molecule has 8 heteroatoms. The number of hydrazone groups is 1. The van der Waals surface area contributed by atoms with E-state index in [9.17, 15) is 13.2 Å². The summed E-state index contributed by atoms with van der Waals surface area (Å²) in [6.07, 6.45) is -4.39. The largest absolute Gasteiger partial charge is 0.494 e. The van der Waals surface area contributed by atoms with E-state index in [0.717, 1.165) is 5.46 Å². The molecule has 0 N–H and O–H groups in total. The van der Waals surface area contributed by atoms with Gasteiger partial charge in [0, 0.05) is 12.5 Å². The van der Waals surface area contributed by atoms with Gasteiger partial charge in [0.1, 0.15) is 5.71 Å². The Labute approximate surface area is 146 Å². The highest BCUT2D eigenvalue weighted by Crippen LogP contribution is 2.36. The molecule has 1 unspecified atom stereocenters. The highest BCUT2D eigenvalue weighted by Gasteiger charge is 2.51. The highest BCUT2D eigenvalue weighted by atomic mass is 19.4. The van der Waals surface area contributed by atoms with Gasteiger partial charge >= 0.3 is 13.3 Å². The molecule has 0 spiro atoms. The van der Waals surface area contributed by atoms with Crippen molar-refractivity contribution >= 4 is 24.0 Å². The van der Waals surface area contributed by atoms with Crippen molar-refractivity contribution in [2.45, 2.75) is 52.0 Å². The van der Waals surface area contributed by atoms with E-state index >= 15 is 0 Å². The van der Waals surface area contributed by atoms with Crippen molar-refractivity contribution in [2.75, 3.05) is 11.6 Å². The number of benzene rings is 1. The van der Waals surface area contributed by atoms with E-state index in [1.54, 1.807) is 12.1 Å². The lowest BCUT2D eigenvalue weighted by Crippen LogP contribution is -2.41. The Bertz CT molecular complexity index is 670. The van der Waals surface area contributed by atoms with Crippen molar-refractivity contribution in [1.82, 2.24) is 0 Å². The first-order chi connectivity index (χ1) is 11.4. The summed E-state index contributed by atoms with van der Waals surface area (Å²) in [6.45, 7) is 9.64. The van der Waals surface area contributed by atoms with Gasteiger partial charge in [0.15, 0.2) is 0 Å². The number of rotatable bonds is 2. The van der Waals surface area contributed by atoms with E-state index in [4.69, 9.17) is 9.31 Å². The Balaban J connectivity index is 1.77. The molecule has 0 saturated carbocycles. The lowest BCUT2D eigenvalue weighted by molar-refractivity contribution is -0.0616. The third-order valence-electron chi connectivity index (χ3n) is 5.15. The molecule has 0 aromatic heterocycles. The summed E-state index contributed by atoms with van der Waals surface area (Å²) >= 11 is 0. The number of anilines is 1. The molecule has 1 aromatic carbocycles. The predicted molar refractivity (Wildman–Crippen MR) is 92.2 cm³/mol. The third-order valence-corrected chi connectivity index (χ3v) is 5.15. The Morgan fingerprint density at radius 1 is 1.08 bits per heavy atom. The average molecular weight is 354 g/mol. The fourth-order valence-corrected chi connectivity index (χ4v) is 2.90. The summed E-state index contributed by atoms with van der Waals surface area (Å²) in [6, 6.07) is 7.11. The van der Waals surface area contributed by atoms with Gasteiger partial charge in [0.05, 0.1) is 16.9 Å². The van der Waals surface area contributed by atoms with Crippen LogP contribution in [0.4, 0.5) is 18.9 Å². The minimum absolute atomic E-state index is 0.213. The smallest absolute Gasteiger partial charge is 0.399 e. The molecular formula is C17H22BF3N2O2. The van der Waals surface area contributed by atoms with Gasteiger partial charge in [0.25, 0.3) is 0 Å². The molecule has 1 aromatic rings. The normalized spacial score (nSPS) is 25.4. The molecule has 2 aliphatic rings. The van der Waals surface area contributed by atoms with Crippen LogP contribution in [-0.4, -0.2) is 36.8 Å². The molecule has 2 aliphatic heterocycles. The number of alkyl halides is 3. The van der Waals surface area contributed by atoms with E-state index in [0.29, 0.717) is 5.69 Å². The van der Waals surface area contributed by atoms with Gasteiger partial charge in [-0.1, -0.05) is 19.1 Å². The number of hydrogen-bond acceptors (Lipinski definition) is 4. The molecular weight excluding hydrogens is 332 g/mol. The average Bonchev–Trinajstić information content (AvgIpc) is 2.97. The van der Waals surface area contributed by atoms with Gasteiger partial charge in [-0.15, -0.1) is 0 Å². The van der Waals surface area contributed by atoms with Crippen LogP contribution in [0.15, 0.2) is 29.4 Å². The number of nitrogens with zero attached hydrogens (tertiary/aromatic N) is 2. The van der Waals surface area contributed by atoms with Crippen LogP contribution >= 0.6 is 0 Å². The molecule has 25 heavy (non-hydrogen) atoms. The first kappa shape index (κ1) is 18.3. The van der Waals surface area contributed by atoms with Crippen molar-refractivity contribution in [1.29, 1.82) is 0 Å². The van der Waals surface area contributed by atoms with E-state index < -0.39 is 36.1 Å². The second kappa shape index (κ2) is 5.74. The molecule has 3 rings (SSSR count). The Morgan fingerprint density at radius 3 is 2.04 bits per heavy atom. The lowest BCUT2D eigenvalue weighted by atomic mass is 9.79. The fourth-order valence-electron chi connectivity index (χ4n) is 2.90. The summed E-state index contributed by atoms with van der Waals surface area (Å²) < 4.78 is 50.7. The van der Waals surface area contributed by atoms with Crippen LogP contribution in [0.3, 0.4) is 0 Å². The van der Waals surface area contributed by atoms with Crippen molar-refractivity contribution in [2.24, 2.45) is 11.0 Å². The van der Waals surface area contributed by atoms with Crippen LogP contribution in [0, 0.1) is 5.92 Å². The van der Waals surface area contributed by atoms with Crippen molar-refractivity contribution < 1.29 is 22.5 Å². The van der Waals surface area contributed by atoms with Crippen molar-refractivity contribution in [3.8, 4) is 0 Å². The SMILES string of the molecule is CC1CN(c2ccc(B3OC(C)(C)C(C)(C)O3)cc2)N=C1C(F)(F)F. The van der Waals surface area contributed by atoms with Crippen LogP contribution in [0.2, 0.25) is 0 Å². The summed E-state index contributed by atoms with van der Waals surface area (Å²) in [5, 5.41) is 5.14. The van der Waals surface area contributed by atoms with Crippen LogP contribution < -0.4 is 10.5 Å². The van der Waals surface area contributed by atoms with Gasteiger partial charge in [0.2, 0.25) is 0 Å². The fraction of sp³-hybridized carbons (Fsp3) is 0.588. The summed E-state index contributed by atoms with van der Waals surface area (Å²) in [5.41, 5.74) is -0.164.